The molecule has 1 fully saturated rings. The van der Waals surface area contributed by atoms with Crippen molar-refractivity contribution in [3.05, 3.63) is 18.2 Å². The summed E-state index contributed by atoms with van der Waals surface area (Å²) >= 11 is 0. The maximum Gasteiger partial charge on any atom is 0.168 e. The molecule has 1 saturated carbocycles. The Hall–Kier alpha value is -1.12. The third kappa shape index (κ3) is 1.50. The minimum absolute atomic E-state index is 0.471. The number of hydrogen-bond acceptors (Lipinski definition) is 2. The lowest BCUT2D eigenvalue weighted by Crippen LogP contribution is -2.11. The van der Waals surface area contributed by atoms with Crippen molar-refractivity contribution in [1.82, 2.24) is 9.55 Å². The average molecular weight is 178 g/mol. The number of rotatable bonds is 4. The number of carbonyl (C=O) groups is 1. The summed E-state index contributed by atoms with van der Waals surface area (Å²) in [7, 11) is 0. The van der Waals surface area contributed by atoms with E-state index in [1.807, 2.05) is 4.57 Å². The number of nitrogens with zero attached hydrogens (tertiary/aromatic N) is 2. The van der Waals surface area contributed by atoms with Gasteiger partial charge in [0.2, 0.25) is 0 Å². The van der Waals surface area contributed by atoms with Gasteiger partial charge in [-0.25, -0.2) is 4.98 Å². The van der Waals surface area contributed by atoms with Crippen LogP contribution in [0.4, 0.5) is 0 Å². The van der Waals surface area contributed by atoms with Gasteiger partial charge >= 0.3 is 0 Å². The molecule has 0 saturated heterocycles. The van der Waals surface area contributed by atoms with Crippen molar-refractivity contribution in [3.8, 4) is 0 Å². The minimum atomic E-state index is 0.471. The number of imidazole rings is 1. The molecule has 0 spiro atoms. The lowest BCUT2D eigenvalue weighted by Gasteiger charge is -2.13. The van der Waals surface area contributed by atoms with E-state index in [2.05, 4.69) is 11.9 Å². The van der Waals surface area contributed by atoms with Crippen LogP contribution in [0.2, 0.25) is 0 Å². The molecular weight excluding hydrogens is 164 g/mol. The third-order valence-corrected chi connectivity index (χ3v) is 3.08. The highest BCUT2D eigenvalue weighted by atomic mass is 16.1. The predicted molar refractivity (Wildman–Crippen MR) is 49.6 cm³/mol. The topological polar surface area (TPSA) is 34.9 Å². The van der Waals surface area contributed by atoms with Crippen molar-refractivity contribution in [1.29, 1.82) is 0 Å². The van der Waals surface area contributed by atoms with Crippen LogP contribution in [0.15, 0.2) is 12.5 Å². The van der Waals surface area contributed by atoms with Crippen LogP contribution >= 0.6 is 0 Å². The van der Waals surface area contributed by atoms with Crippen LogP contribution in [-0.2, 0) is 6.54 Å². The van der Waals surface area contributed by atoms with Crippen LogP contribution in [0.3, 0.4) is 0 Å². The van der Waals surface area contributed by atoms with Crippen LogP contribution in [0, 0.1) is 5.41 Å². The standard InChI is InChI=1S/C10H14N2O/c1-2-10(3-4-10)7-12-8-11-5-9(12)6-13/h5-6,8H,2-4,7H2,1H3. The van der Waals surface area contributed by atoms with E-state index in [1.54, 1.807) is 12.5 Å². The van der Waals surface area contributed by atoms with Gasteiger partial charge in [0, 0.05) is 6.54 Å². The van der Waals surface area contributed by atoms with E-state index in [0.717, 1.165) is 12.8 Å². The van der Waals surface area contributed by atoms with E-state index >= 15 is 0 Å². The molecule has 0 N–H and O–H groups in total. The molecule has 1 aromatic rings. The highest BCUT2D eigenvalue weighted by Crippen LogP contribution is 2.49. The Morgan fingerprint density at radius 2 is 2.46 bits per heavy atom. The first-order valence-electron chi connectivity index (χ1n) is 4.75. The molecule has 3 heteroatoms. The predicted octanol–water partition coefficient (Wildman–Crippen LogP) is 1.89. The summed E-state index contributed by atoms with van der Waals surface area (Å²) in [6, 6.07) is 0. The molecule has 0 radical (unpaired) electrons. The summed E-state index contributed by atoms with van der Waals surface area (Å²) in [5.41, 5.74) is 1.16. The molecule has 1 aliphatic carbocycles. The van der Waals surface area contributed by atoms with Crippen LogP contribution in [0.1, 0.15) is 36.7 Å². The summed E-state index contributed by atoms with van der Waals surface area (Å²) in [6.45, 7) is 3.17. The first-order chi connectivity index (χ1) is 6.29. The largest absolute Gasteiger partial charge is 0.328 e. The van der Waals surface area contributed by atoms with Gasteiger partial charge < -0.3 is 4.57 Å². The number of aromatic nitrogens is 2. The van der Waals surface area contributed by atoms with E-state index < -0.39 is 0 Å². The molecule has 1 aromatic heterocycles. The molecular formula is C10H14N2O. The Morgan fingerprint density at radius 1 is 1.69 bits per heavy atom. The fourth-order valence-electron chi connectivity index (χ4n) is 1.72. The van der Waals surface area contributed by atoms with Crippen molar-refractivity contribution in [2.24, 2.45) is 5.41 Å². The van der Waals surface area contributed by atoms with Crippen molar-refractivity contribution < 1.29 is 4.79 Å². The number of hydrogen-bond donors (Lipinski definition) is 0. The normalized spacial score (nSPS) is 18.5. The Morgan fingerprint density at radius 3 is 3.00 bits per heavy atom. The van der Waals surface area contributed by atoms with E-state index in [1.165, 1.54) is 19.3 Å². The zero-order chi connectivity index (χ0) is 9.31. The smallest absolute Gasteiger partial charge is 0.168 e. The minimum Gasteiger partial charge on any atom is -0.328 e. The second-order valence-electron chi connectivity index (χ2n) is 3.92. The fraction of sp³-hybridized carbons (Fsp3) is 0.600. The Bertz CT molecular complexity index is 312. The third-order valence-electron chi connectivity index (χ3n) is 3.08. The summed E-state index contributed by atoms with van der Waals surface area (Å²) < 4.78 is 1.96. The maximum absolute atomic E-state index is 10.6. The van der Waals surface area contributed by atoms with E-state index in [0.29, 0.717) is 11.1 Å². The van der Waals surface area contributed by atoms with Crippen molar-refractivity contribution in [3.63, 3.8) is 0 Å². The first-order valence-corrected chi connectivity index (χ1v) is 4.75. The zero-order valence-electron chi connectivity index (χ0n) is 7.86. The molecule has 0 atom stereocenters. The molecule has 0 bridgehead atoms. The fourth-order valence-corrected chi connectivity index (χ4v) is 1.72. The SMILES string of the molecule is CCC1(Cn2cncc2C=O)CC1. The second kappa shape index (κ2) is 2.98. The van der Waals surface area contributed by atoms with Gasteiger partial charge in [-0.2, -0.15) is 0 Å². The molecule has 70 valence electrons. The lowest BCUT2D eigenvalue weighted by atomic mass is 10.0. The molecule has 0 amide bonds. The highest BCUT2D eigenvalue weighted by molar-refractivity contribution is 5.71. The molecule has 13 heavy (non-hydrogen) atoms. The van der Waals surface area contributed by atoms with Gasteiger partial charge in [0.05, 0.1) is 12.5 Å². The Labute approximate surface area is 77.8 Å². The molecule has 1 heterocycles. The second-order valence-corrected chi connectivity index (χ2v) is 3.92. The highest BCUT2D eigenvalue weighted by Gasteiger charge is 2.41. The maximum atomic E-state index is 10.6. The average Bonchev–Trinajstić information content (AvgIpc) is 2.78. The number of carbonyl (C=O) groups excluding carboxylic acids is 1. The Kier molecular flexibility index (Phi) is 1.94. The van der Waals surface area contributed by atoms with E-state index in [4.69, 9.17) is 0 Å². The van der Waals surface area contributed by atoms with Crippen molar-refractivity contribution in [2.45, 2.75) is 32.7 Å². The Balaban J connectivity index is 2.13. The van der Waals surface area contributed by atoms with Crippen molar-refractivity contribution >= 4 is 6.29 Å². The molecule has 2 rings (SSSR count). The monoisotopic (exact) mass is 178 g/mol. The summed E-state index contributed by atoms with van der Waals surface area (Å²) in [5.74, 6) is 0. The number of aldehydes is 1. The zero-order valence-corrected chi connectivity index (χ0v) is 7.86. The molecule has 1 aliphatic rings. The van der Waals surface area contributed by atoms with Gasteiger partial charge in [-0.05, 0) is 24.7 Å². The van der Waals surface area contributed by atoms with E-state index in [-0.39, 0.29) is 0 Å². The quantitative estimate of drug-likeness (QED) is 0.660. The van der Waals surface area contributed by atoms with Gasteiger partial charge in [0.1, 0.15) is 5.69 Å². The van der Waals surface area contributed by atoms with Crippen LogP contribution in [0.25, 0.3) is 0 Å². The van der Waals surface area contributed by atoms with Gasteiger partial charge in [0.25, 0.3) is 0 Å². The van der Waals surface area contributed by atoms with Crippen LogP contribution in [-0.4, -0.2) is 15.8 Å². The first kappa shape index (κ1) is 8.48. The van der Waals surface area contributed by atoms with Crippen molar-refractivity contribution in [2.75, 3.05) is 0 Å². The molecule has 0 aliphatic heterocycles. The summed E-state index contributed by atoms with van der Waals surface area (Å²) in [5, 5.41) is 0. The summed E-state index contributed by atoms with van der Waals surface area (Å²) in [4.78, 5) is 14.6. The van der Waals surface area contributed by atoms with Gasteiger partial charge in [-0.15, -0.1) is 0 Å². The van der Waals surface area contributed by atoms with Gasteiger partial charge in [0.15, 0.2) is 6.29 Å². The summed E-state index contributed by atoms with van der Waals surface area (Å²) in [6.07, 6.45) is 8.03. The van der Waals surface area contributed by atoms with Crippen LogP contribution in [0.5, 0.6) is 0 Å². The van der Waals surface area contributed by atoms with Gasteiger partial charge in [-0.1, -0.05) is 6.92 Å². The lowest BCUT2D eigenvalue weighted by molar-refractivity contribution is 0.111. The van der Waals surface area contributed by atoms with Crippen LogP contribution < -0.4 is 0 Å². The van der Waals surface area contributed by atoms with Gasteiger partial charge in [-0.3, -0.25) is 4.79 Å². The van der Waals surface area contributed by atoms with E-state index in [9.17, 15) is 4.79 Å². The molecule has 3 nitrogen and oxygen atoms in total. The molecule has 0 unspecified atom stereocenters. The molecule has 0 aromatic carbocycles.